The topological polar surface area (TPSA) is 94.0 Å². The molecule has 1 saturated heterocycles. The molecule has 0 bridgehead atoms. The minimum Gasteiger partial charge on any atom is -0.488 e. The molecule has 3 aromatic rings. The Labute approximate surface area is 175 Å². The number of amides is 1. The van der Waals surface area contributed by atoms with Crippen LogP contribution in [0.25, 0.3) is 11.1 Å². The van der Waals surface area contributed by atoms with E-state index in [1.54, 1.807) is 30.3 Å². The summed E-state index contributed by atoms with van der Waals surface area (Å²) >= 11 is 0. The maximum Gasteiger partial charge on any atom is 0.273 e. The highest BCUT2D eigenvalue weighted by Crippen LogP contribution is 2.36. The third-order valence-corrected chi connectivity index (χ3v) is 5.33. The van der Waals surface area contributed by atoms with Gasteiger partial charge < -0.3 is 15.4 Å². The molecular formula is C22H26N6O2. The maximum absolute atomic E-state index is 12.6. The summed E-state index contributed by atoms with van der Waals surface area (Å²) in [7, 11) is 1.74. The molecule has 0 aliphatic carbocycles. The number of hydrogen-bond acceptors (Lipinski definition) is 6. The highest BCUT2D eigenvalue weighted by molar-refractivity contribution is 6.03. The molecule has 30 heavy (non-hydrogen) atoms. The van der Waals surface area contributed by atoms with E-state index in [0.29, 0.717) is 11.4 Å². The van der Waals surface area contributed by atoms with Crippen molar-refractivity contribution in [2.24, 2.45) is 7.05 Å². The van der Waals surface area contributed by atoms with Gasteiger partial charge in [-0.25, -0.2) is 9.97 Å². The van der Waals surface area contributed by atoms with Crippen LogP contribution in [-0.4, -0.2) is 44.8 Å². The molecule has 1 fully saturated rings. The number of carbonyl (C=O) groups is 1. The van der Waals surface area contributed by atoms with E-state index >= 15 is 0 Å². The van der Waals surface area contributed by atoms with Gasteiger partial charge in [-0.1, -0.05) is 0 Å². The van der Waals surface area contributed by atoms with Gasteiger partial charge in [-0.05, 0) is 57.5 Å². The van der Waals surface area contributed by atoms with Gasteiger partial charge in [0, 0.05) is 48.0 Å². The minimum absolute atomic E-state index is 0.109. The molecule has 0 saturated carbocycles. The summed E-state index contributed by atoms with van der Waals surface area (Å²) in [6.07, 6.45) is 5.37. The number of anilines is 1. The molecular weight excluding hydrogens is 380 g/mol. The van der Waals surface area contributed by atoms with Gasteiger partial charge in [0.2, 0.25) is 0 Å². The lowest BCUT2D eigenvalue weighted by Crippen LogP contribution is -2.37. The molecule has 1 atom stereocenters. The third-order valence-electron chi connectivity index (χ3n) is 5.33. The number of ether oxygens (including phenoxy) is 1. The van der Waals surface area contributed by atoms with Crippen molar-refractivity contribution in [1.82, 2.24) is 25.1 Å². The molecule has 1 aliphatic heterocycles. The zero-order valence-electron chi connectivity index (χ0n) is 17.5. The Balaban J connectivity index is 1.70. The van der Waals surface area contributed by atoms with E-state index in [1.807, 2.05) is 32.0 Å². The first-order valence-corrected chi connectivity index (χ1v) is 10.1. The fourth-order valence-electron chi connectivity index (χ4n) is 3.78. The van der Waals surface area contributed by atoms with Crippen molar-refractivity contribution >= 4 is 11.6 Å². The Hall–Kier alpha value is -3.26. The quantitative estimate of drug-likeness (QED) is 0.677. The van der Waals surface area contributed by atoms with Crippen molar-refractivity contribution in [3.05, 3.63) is 53.9 Å². The van der Waals surface area contributed by atoms with Crippen LogP contribution in [0.4, 0.5) is 5.69 Å². The average Bonchev–Trinajstić information content (AvgIpc) is 3.16. The van der Waals surface area contributed by atoms with Crippen LogP contribution in [0.2, 0.25) is 0 Å². The zero-order valence-corrected chi connectivity index (χ0v) is 17.5. The van der Waals surface area contributed by atoms with Crippen LogP contribution in [0, 0.1) is 13.8 Å². The number of rotatable bonds is 5. The second kappa shape index (κ2) is 8.62. The lowest BCUT2D eigenvalue weighted by Gasteiger charge is -2.26. The van der Waals surface area contributed by atoms with E-state index in [0.717, 1.165) is 54.2 Å². The second-order valence-corrected chi connectivity index (χ2v) is 7.51. The molecule has 0 radical (unpaired) electrons. The highest BCUT2D eigenvalue weighted by Gasteiger charge is 2.20. The first kappa shape index (κ1) is 20.0. The van der Waals surface area contributed by atoms with Crippen LogP contribution in [0.3, 0.4) is 0 Å². The number of nitrogens with zero attached hydrogens (tertiary/aromatic N) is 4. The van der Waals surface area contributed by atoms with E-state index in [4.69, 9.17) is 4.74 Å². The Morgan fingerprint density at radius 2 is 2.03 bits per heavy atom. The van der Waals surface area contributed by atoms with Crippen molar-refractivity contribution in [3.8, 4) is 16.9 Å². The minimum atomic E-state index is -0.219. The second-order valence-electron chi connectivity index (χ2n) is 7.51. The molecule has 2 N–H and O–H groups in total. The Bertz CT molecular complexity index is 1040. The van der Waals surface area contributed by atoms with Gasteiger partial charge in [-0.15, -0.1) is 0 Å². The molecule has 3 heterocycles. The van der Waals surface area contributed by atoms with Gasteiger partial charge >= 0.3 is 0 Å². The van der Waals surface area contributed by atoms with Crippen molar-refractivity contribution in [3.63, 3.8) is 0 Å². The number of carbonyl (C=O) groups excluding carboxylic acids is 1. The third kappa shape index (κ3) is 4.18. The molecule has 0 unspecified atom stereocenters. The van der Waals surface area contributed by atoms with Crippen molar-refractivity contribution in [1.29, 1.82) is 0 Å². The summed E-state index contributed by atoms with van der Waals surface area (Å²) in [4.78, 5) is 21.4. The largest absolute Gasteiger partial charge is 0.488 e. The predicted molar refractivity (Wildman–Crippen MR) is 115 cm³/mol. The fourth-order valence-corrected chi connectivity index (χ4v) is 3.78. The molecule has 1 aromatic carbocycles. The van der Waals surface area contributed by atoms with Gasteiger partial charge in [0.05, 0.1) is 0 Å². The van der Waals surface area contributed by atoms with Crippen LogP contribution < -0.4 is 15.4 Å². The van der Waals surface area contributed by atoms with Crippen molar-refractivity contribution in [2.45, 2.75) is 32.8 Å². The lowest BCUT2D eigenvalue weighted by molar-refractivity contribution is 0.101. The summed E-state index contributed by atoms with van der Waals surface area (Å²) in [5.74, 6) is 0.548. The van der Waals surface area contributed by atoms with Crippen LogP contribution in [0.5, 0.6) is 5.75 Å². The molecule has 2 aromatic heterocycles. The molecule has 8 nitrogen and oxygen atoms in total. The number of benzene rings is 1. The number of nitrogens with one attached hydrogen (secondary N) is 2. The van der Waals surface area contributed by atoms with Crippen molar-refractivity contribution in [2.75, 3.05) is 18.4 Å². The first-order chi connectivity index (χ1) is 14.5. The first-order valence-electron chi connectivity index (χ1n) is 10.1. The van der Waals surface area contributed by atoms with Crippen LogP contribution in [-0.2, 0) is 7.05 Å². The number of aromatic nitrogens is 4. The van der Waals surface area contributed by atoms with Gasteiger partial charge in [-0.3, -0.25) is 9.48 Å². The fraction of sp³-hybridized carbons (Fsp3) is 0.364. The average molecular weight is 406 g/mol. The van der Waals surface area contributed by atoms with Gasteiger partial charge in [0.1, 0.15) is 23.9 Å². The van der Waals surface area contributed by atoms with E-state index in [9.17, 15) is 4.79 Å². The highest BCUT2D eigenvalue weighted by atomic mass is 16.5. The monoisotopic (exact) mass is 406 g/mol. The Morgan fingerprint density at radius 3 is 2.70 bits per heavy atom. The van der Waals surface area contributed by atoms with E-state index < -0.39 is 0 Å². The SMILES string of the molecule is Cc1ncnc(C)c1-c1cc(NC(=O)c2ccnn2C)ccc1O[C@@H]1CCCNC1. The lowest BCUT2D eigenvalue weighted by atomic mass is 10.0. The molecule has 8 heteroatoms. The zero-order chi connectivity index (χ0) is 21.1. The Kier molecular flexibility index (Phi) is 5.76. The molecule has 156 valence electrons. The van der Waals surface area contributed by atoms with Crippen LogP contribution >= 0.6 is 0 Å². The van der Waals surface area contributed by atoms with Gasteiger partial charge in [0.25, 0.3) is 5.91 Å². The maximum atomic E-state index is 12.6. The van der Waals surface area contributed by atoms with E-state index in [1.165, 1.54) is 0 Å². The molecule has 4 rings (SSSR count). The predicted octanol–water partition coefficient (Wildman–Crippen LogP) is 2.88. The van der Waals surface area contributed by atoms with Gasteiger partial charge in [-0.2, -0.15) is 5.10 Å². The summed E-state index contributed by atoms with van der Waals surface area (Å²) in [5.41, 5.74) is 4.69. The summed E-state index contributed by atoms with van der Waals surface area (Å²) in [5, 5.41) is 10.4. The van der Waals surface area contributed by atoms with Crippen LogP contribution in [0.15, 0.2) is 36.8 Å². The molecule has 1 amide bonds. The number of aryl methyl sites for hydroxylation is 3. The standard InChI is InChI=1S/C22H26N6O2/c1-14-21(15(2)25-13-24-14)18-11-16(27-22(29)19-8-10-26-28(19)3)6-7-20(18)30-17-5-4-9-23-12-17/h6-8,10-11,13,17,23H,4-5,9,12H2,1-3H3,(H,27,29)/t17-/m1/s1. The van der Waals surface area contributed by atoms with E-state index in [-0.39, 0.29) is 12.0 Å². The molecule has 0 spiro atoms. The summed E-state index contributed by atoms with van der Waals surface area (Å²) in [6.45, 7) is 5.76. The normalized spacial score (nSPS) is 16.3. The van der Waals surface area contributed by atoms with Crippen molar-refractivity contribution < 1.29 is 9.53 Å². The van der Waals surface area contributed by atoms with Gasteiger partial charge in [0.15, 0.2) is 0 Å². The smallest absolute Gasteiger partial charge is 0.273 e. The van der Waals surface area contributed by atoms with E-state index in [2.05, 4.69) is 25.7 Å². The Morgan fingerprint density at radius 1 is 1.23 bits per heavy atom. The number of piperidine rings is 1. The summed E-state index contributed by atoms with van der Waals surface area (Å²) in [6, 6.07) is 7.38. The van der Waals surface area contributed by atoms with Crippen LogP contribution in [0.1, 0.15) is 34.7 Å². The number of hydrogen-bond donors (Lipinski definition) is 2. The summed E-state index contributed by atoms with van der Waals surface area (Å²) < 4.78 is 7.90. The molecule has 1 aliphatic rings.